The smallest absolute Gasteiger partial charge is 0.233 e. The van der Waals surface area contributed by atoms with Crippen molar-refractivity contribution < 1.29 is 9.59 Å². The number of rotatable bonds is 2. The van der Waals surface area contributed by atoms with Crippen LogP contribution in [0.4, 0.5) is 5.69 Å². The van der Waals surface area contributed by atoms with Gasteiger partial charge in [-0.15, -0.1) is 0 Å². The number of benzene rings is 1. The summed E-state index contributed by atoms with van der Waals surface area (Å²) in [5, 5.41) is 0. The maximum atomic E-state index is 12.1. The fraction of sp³-hybridized carbons (Fsp3) is 0.429. The molecule has 2 N–H and O–H groups in total. The van der Waals surface area contributed by atoms with Crippen LogP contribution in [-0.2, 0) is 16.1 Å². The summed E-state index contributed by atoms with van der Waals surface area (Å²) in [5.74, 6) is -0.0730. The van der Waals surface area contributed by atoms with Gasteiger partial charge in [-0.25, -0.2) is 0 Å². The van der Waals surface area contributed by atoms with Crippen LogP contribution in [0.5, 0.6) is 0 Å². The lowest BCUT2D eigenvalue weighted by molar-refractivity contribution is -0.141. The van der Waals surface area contributed by atoms with Crippen molar-refractivity contribution in [3.63, 3.8) is 0 Å². The summed E-state index contributed by atoms with van der Waals surface area (Å²) >= 11 is 0. The van der Waals surface area contributed by atoms with Gasteiger partial charge in [-0.05, 0) is 30.5 Å². The van der Waals surface area contributed by atoms with Crippen molar-refractivity contribution in [3.05, 3.63) is 29.8 Å². The molecule has 0 aromatic heterocycles. The van der Waals surface area contributed by atoms with E-state index in [1.54, 1.807) is 12.1 Å². The highest BCUT2D eigenvalue weighted by Gasteiger charge is 2.49. The molecule has 3 rings (SSSR count). The first kappa shape index (κ1) is 11.3. The second-order valence-corrected chi connectivity index (χ2v) is 5.15. The number of carbonyl (C=O) groups is 2. The molecule has 0 spiro atoms. The van der Waals surface area contributed by atoms with Crippen molar-refractivity contribution in [2.75, 3.05) is 5.73 Å². The number of imide groups is 1. The lowest BCUT2D eigenvalue weighted by atomic mass is 10.00. The normalized spacial score (nSPS) is 26.8. The standard InChI is InChI=1S/C14H16N2O2/c15-10-6-4-9(5-7-10)8-16-13(17)11-2-1-3-12(11)14(16)18/h4-7,11-12H,1-3,8,15H2. The predicted molar refractivity (Wildman–Crippen MR) is 67.2 cm³/mol. The van der Waals surface area contributed by atoms with Crippen LogP contribution in [0.2, 0.25) is 0 Å². The number of nitrogen functional groups attached to an aromatic ring is 1. The Labute approximate surface area is 106 Å². The first-order chi connectivity index (χ1) is 8.66. The fourth-order valence-electron chi connectivity index (χ4n) is 3.02. The van der Waals surface area contributed by atoms with Crippen LogP contribution < -0.4 is 5.73 Å². The minimum atomic E-state index is -0.0497. The number of hydrogen-bond donors (Lipinski definition) is 1. The highest BCUT2D eigenvalue weighted by molar-refractivity contribution is 6.05. The Kier molecular flexibility index (Phi) is 2.58. The van der Waals surface area contributed by atoms with Gasteiger partial charge in [0, 0.05) is 5.69 Å². The number of anilines is 1. The molecule has 2 unspecified atom stereocenters. The summed E-state index contributed by atoms with van der Waals surface area (Å²) < 4.78 is 0. The summed E-state index contributed by atoms with van der Waals surface area (Å²) in [6.07, 6.45) is 2.74. The molecule has 4 heteroatoms. The first-order valence-electron chi connectivity index (χ1n) is 6.36. The Morgan fingerprint density at radius 1 is 1.06 bits per heavy atom. The van der Waals surface area contributed by atoms with Crippen LogP contribution in [0.3, 0.4) is 0 Å². The largest absolute Gasteiger partial charge is 0.399 e. The number of amides is 2. The number of fused-ring (bicyclic) bond motifs is 1. The minimum Gasteiger partial charge on any atom is -0.399 e. The van der Waals surface area contributed by atoms with E-state index in [2.05, 4.69) is 0 Å². The molecular weight excluding hydrogens is 228 g/mol. The molecule has 0 radical (unpaired) electrons. The van der Waals surface area contributed by atoms with E-state index in [1.807, 2.05) is 12.1 Å². The Balaban J connectivity index is 1.79. The summed E-state index contributed by atoms with van der Waals surface area (Å²) in [6, 6.07) is 7.32. The van der Waals surface area contributed by atoms with E-state index >= 15 is 0 Å². The molecule has 94 valence electrons. The maximum Gasteiger partial charge on any atom is 0.233 e. The van der Waals surface area contributed by atoms with Crippen molar-refractivity contribution in [2.45, 2.75) is 25.8 Å². The zero-order valence-electron chi connectivity index (χ0n) is 10.1. The van der Waals surface area contributed by atoms with Gasteiger partial charge in [0.2, 0.25) is 11.8 Å². The Morgan fingerprint density at radius 3 is 2.17 bits per heavy atom. The number of carbonyl (C=O) groups excluding carboxylic acids is 2. The molecule has 18 heavy (non-hydrogen) atoms. The molecule has 2 aliphatic rings. The van der Waals surface area contributed by atoms with Gasteiger partial charge in [0.1, 0.15) is 0 Å². The molecule has 1 aliphatic carbocycles. The van der Waals surface area contributed by atoms with Gasteiger partial charge in [-0.1, -0.05) is 18.6 Å². The van der Waals surface area contributed by atoms with Crippen molar-refractivity contribution in [3.8, 4) is 0 Å². The molecule has 1 saturated heterocycles. The van der Waals surface area contributed by atoms with Crippen LogP contribution in [-0.4, -0.2) is 16.7 Å². The molecule has 2 fully saturated rings. The van der Waals surface area contributed by atoms with Gasteiger partial charge >= 0.3 is 0 Å². The van der Waals surface area contributed by atoms with E-state index in [0.29, 0.717) is 12.2 Å². The lowest BCUT2D eigenvalue weighted by Gasteiger charge is -2.15. The van der Waals surface area contributed by atoms with Gasteiger partial charge in [-0.2, -0.15) is 0 Å². The van der Waals surface area contributed by atoms with Gasteiger partial charge in [0.25, 0.3) is 0 Å². The molecule has 1 saturated carbocycles. The monoisotopic (exact) mass is 244 g/mol. The van der Waals surface area contributed by atoms with Gasteiger partial charge < -0.3 is 5.73 Å². The molecule has 1 aromatic carbocycles. The average Bonchev–Trinajstić information content (AvgIpc) is 2.92. The summed E-state index contributed by atoms with van der Waals surface area (Å²) in [6.45, 7) is 0.380. The average molecular weight is 244 g/mol. The second kappa shape index (κ2) is 4.12. The van der Waals surface area contributed by atoms with Crippen LogP contribution in [0, 0.1) is 11.8 Å². The molecule has 2 amide bonds. The van der Waals surface area contributed by atoms with Crippen LogP contribution in [0.15, 0.2) is 24.3 Å². The van der Waals surface area contributed by atoms with E-state index in [9.17, 15) is 9.59 Å². The zero-order chi connectivity index (χ0) is 12.7. The molecule has 1 aromatic rings. The molecule has 1 aliphatic heterocycles. The molecule has 2 atom stereocenters. The van der Waals surface area contributed by atoms with E-state index in [1.165, 1.54) is 4.90 Å². The Morgan fingerprint density at radius 2 is 1.61 bits per heavy atom. The maximum absolute atomic E-state index is 12.1. The third-order valence-electron chi connectivity index (χ3n) is 4.00. The van der Waals surface area contributed by atoms with E-state index < -0.39 is 0 Å². The van der Waals surface area contributed by atoms with Gasteiger partial charge in [0.05, 0.1) is 18.4 Å². The quantitative estimate of drug-likeness (QED) is 0.634. The Bertz CT molecular complexity index is 473. The van der Waals surface area contributed by atoms with Crippen LogP contribution in [0.25, 0.3) is 0 Å². The minimum absolute atomic E-state index is 0.0133. The van der Waals surface area contributed by atoms with E-state index in [0.717, 1.165) is 24.8 Å². The van der Waals surface area contributed by atoms with Gasteiger partial charge in [-0.3, -0.25) is 14.5 Å². The summed E-state index contributed by atoms with van der Waals surface area (Å²) in [4.78, 5) is 25.7. The molecule has 1 heterocycles. The van der Waals surface area contributed by atoms with Crippen molar-refractivity contribution in [1.82, 2.24) is 4.90 Å². The lowest BCUT2D eigenvalue weighted by Crippen LogP contribution is -2.31. The number of nitrogens with two attached hydrogens (primary N) is 1. The number of hydrogen-bond acceptors (Lipinski definition) is 3. The predicted octanol–water partition coefficient (Wildman–Crippen LogP) is 1.55. The second-order valence-electron chi connectivity index (χ2n) is 5.15. The fourth-order valence-corrected chi connectivity index (χ4v) is 3.02. The first-order valence-corrected chi connectivity index (χ1v) is 6.36. The number of nitrogens with zero attached hydrogens (tertiary/aromatic N) is 1. The molecule has 0 bridgehead atoms. The van der Waals surface area contributed by atoms with Crippen LogP contribution in [0.1, 0.15) is 24.8 Å². The summed E-state index contributed by atoms with van der Waals surface area (Å²) in [7, 11) is 0. The highest BCUT2D eigenvalue weighted by atomic mass is 16.2. The third kappa shape index (κ3) is 1.68. The third-order valence-corrected chi connectivity index (χ3v) is 4.00. The zero-order valence-corrected chi connectivity index (χ0v) is 10.1. The van der Waals surface area contributed by atoms with E-state index in [4.69, 9.17) is 5.73 Å². The van der Waals surface area contributed by atoms with Gasteiger partial charge in [0.15, 0.2) is 0 Å². The van der Waals surface area contributed by atoms with E-state index in [-0.39, 0.29) is 23.7 Å². The molecule has 4 nitrogen and oxygen atoms in total. The SMILES string of the molecule is Nc1ccc(CN2C(=O)C3CCCC3C2=O)cc1. The topological polar surface area (TPSA) is 63.4 Å². The molecular formula is C14H16N2O2. The van der Waals surface area contributed by atoms with Crippen LogP contribution >= 0.6 is 0 Å². The summed E-state index contributed by atoms with van der Waals surface area (Å²) in [5.41, 5.74) is 7.26. The van der Waals surface area contributed by atoms with Crippen molar-refractivity contribution >= 4 is 17.5 Å². The Hall–Kier alpha value is -1.84. The van der Waals surface area contributed by atoms with Crippen molar-refractivity contribution in [2.24, 2.45) is 11.8 Å². The highest BCUT2D eigenvalue weighted by Crippen LogP contribution is 2.40. The van der Waals surface area contributed by atoms with Crippen molar-refractivity contribution in [1.29, 1.82) is 0 Å². The number of likely N-dealkylation sites (tertiary alicyclic amines) is 1.